The number of hydrogen-bond donors (Lipinski definition) is 2. The summed E-state index contributed by atoms with van der Waals surface area (Å²) < 4.78 is 21.8. The van der Waals surface area contributed by atoms with Crippen LogP contribution in [-0.4, -0.2) is 38.4 Å². The average Bonchev–Trinajstić information content (AvgIpc) is 2.63. The Morgan fingerprint density at radius 2 is 1.94 bits per heavy atom. The standard InChI is InChI=1S/C10H20N2O3S/c1-16(14,15)7-4-9(13)12-10(8-11)5-2-3-6-10/h2-8,11H2,1H3,(H,12,13). The van der Waals surface area contributed by atoms with Crippen LogP contribution in [0.2, 0.25) is 0 Å². The van der Waals surface area contributed by atoms with E-state index in [1.54, 1.807) is 0 Å². The summed E-state index contributed by atoms with van der Waals surface area (Å²) in [5, 5.41) is 2.89. The van der Waals surface area contributed by atoms with Crippen molar-refractivity contribution >= 4 is 15.7 Å². The Morgan fingerprint density at radius 1 is 1.38 bits per heavy atom. The number of nitrogens with two attached hydrogens (primary N) is 1. The zero-order valence-electron chi connectivity index (χ0n) is 9.66. The zero-order valence-corrected chi connectivity index (χ0v) is 10.5. The van der Waals surface area contributed by atoms with E-state index in [4.69, 9.17) is 5.73 Å². The highest BCUT2D eigenvalue weighted by atomic mass is 32.2. The average molecular weight is 248 g/mol. The van der Waals surface area contributed by atoms with Crippen LogP contribution in [0.3, 0.4) is 0 Å². The minimum absolute atomic E-state index is 0.0284. The van der Waals surface area contributed by atoms with E-state index in [1.807, 2.05) is 0 Å². The van der Waals surface area contributed by atoms with Crippen molar-refractivity contribution in [2.75, 3.05) is 18.6 Å². The molecule has 0 unspecified atom stereocenters. The number of carbonyl (C=O) groups is 1. The van der Waals surface area contributed by atoms with E-state index >= 15 is 0 Å². The third kappa shape index (κ3) is 4.09. The van der Waals surface area contributed by atoms with Crippen LogP contribution in [0, 0.1) is 0 Å². The number of rotatable bonds is 5. The Morgan fingerprint density at radius 3 is 2.38 bits per heavy atom. The van der Waals surface area contributed by atoms with E-state index in [9.17, 15) is 13.2 Å². The second kappa shape index (κ2) is 5.14. The molecule has 1 rings (SSSR count). The Labute approximate surface area is 96.7 Å². The Kier molecular flexibility index (Phi) is 4.32. The number of amides is 1. The fourth-order valence-corrected chi connectivity index (χ4v) is 2.62. The van der Waals surface area contributed by atoms with Gasteiger partial charge in [-0.3, -0.25) is 4.79 Å². The van der Waals surface area contributed by atoms with Crippen molar-refractivity contribution in [3.05, 3.63) is 0 Å². The van der Waals surface area contributed by atoms with Gasteiger partial charge < -0.3 is 11.1 Å². The van der Waals surface area contributed by atoms with Gasteiger partial charge in [0.1, 0.15) is 9.84 Å². The molecule has 1 fully saturated rings. The Bertz CT molecular complexity index is 345. The zero-order chi connectivity index (χ0) is 12.2. The molecule has 5 nitrogen and oxygen atoms in total. The third-order valence-electron chi connectivity index (χ3n) is 3.06. The van der Waals surface area contributed by atoms with Gasteiger partial charge in [0.25, 0.3) is 0 Å². The maximum atomic E-state index is 11.6. The smallest absolute Gasteiger partial charge is 0.221 e. The van der Waals surface area contributed by atoms with Crippen LogP contribution in [0.5, 0.6) is 0 Å². The van der Waals surface area contributed by atoms with Crippen molar-refractivity contribution in [1.29, 1.82) is 0 Å². The van der Waals surface area contributed by atoms with Crippen LogP contribution >= 0.6 is 0 Å². The summed E-state index contributed by atoms with van der Waals surface area (Å²) in [6.45, 7) is 0.428. The molecule has 0 bridgehead atoms. The van der Waals surface area contributed by atoms with Gasteiger partial charge in [0.05, 0.1) is 11.3 Å². The predicted molar refractivity (Wildman–Crippen MR) is 62.7 cm³/mol. The maximum Gasteiger partial charge on any atom is 0.221 e. The lowest BCUT2D eigenvalue weighted by Crippen LogP contribution is -2.51. The molecule has 0 radical (unpaired) electrons. The van der Waals surface area contributed by atoms with Crippen LogP contribution in [0.1, 0.15) is 32.1 Å². The number of sulfone groups is 1. The summed E-state index contributed by atoms with van der Waals surface area (Å²) in [6.07, 6.45) is 5.10. The van der Waals surface area contributed by atoms with E-state index in [1.165, 1.54) is 0 Å². The SMILES string of the molecule is CS(=O)(=O)CCC(=O)NC1(CN)CCCC1. The quantitative estimate of drug-likeness (QED) is 0.705. The summed E-state index contributed by atoms with van der Waals surface area (Å²) in [7, 11) is -3.07. The van der Waals surface area contributed by atoms with Gasteiger partial charge in [0.15, 0.2) is 0 Å². The van der Waals surface area contributed by atoms with Crippen molar-refractivity contribution < 1.29 is 13.2 Å². The molecule has 1 saturated carbocycles. The lowest BCUT2D eigenvalue weighted by Gasteiger charge is -2.28. The summed E-state index contributed by atoms with van der Waals surface area (Å²) >= 11 is 0. The van der Waals surface area contributed by atoms with Crippen molar-refractivity contribution in [3.63, 3.8) is 0 Å². The van der Waals surface area contributed by atoms with Crippen molar-refractivity contribution in [2.24, 2.45) is 5.73 Å². The molecule has 16 heavy (non-hydrogen) atoms. The lowest BCUT2D eigenvalue weighted by molar-refractivity contribution is -0.122. The van der Waals surface area contributed by atoms with E-state index in [-0.39, 0.29) is 23.6 Å². The Hall–Kier alpha value is -0.620. The number of hydrogen-bond acceptors (Lipinski definition) is 4. The maximum absolute atomic E-state index is 11.6. The first kappa shape index (κ1) is 13.4. The molecule has 94 valence electrons. The fourth-order valence-electron chi connectivity index (χ4n) is 2.07. The van der Waals surface area contributed by atoms with E-state index in [0.29, 0.717) is 6.54 Å². The molecule has 0 saturated heterocycles. The molecule has 1 aliphatic rings. The number of carbonyl (C=O) groups excluding carboxylic acids is 1. The molecule has 3 N–H and O–H groups in total. The minimum Gasteiger partial charge on any atom is -0.349 e. The first-order valence-electron chi connectivity index (χ1n) is 5.56. The highest BCUT2D eigenvalue weighted by molar-refractivity contribution is 7.90. The minimum atomic E-state index is -3.07. The third-order valence-corrected chi connectivity index (χ3v) is 4.00. The summed E-state index contributed by atoms with van der Waals surface area (Å²) in [6, 6.07) is 0. The molecule has 0 heterocycles. The van der Waals surface area contributed by atoms with E-state index in [2.05, 4.69) is 5.32 Å². The van der Waals surface area contributed by atoms with Gasteiger partial charge in [0.2, 0.25) is 5.91 Å². The summed E-state index contributed by atoms with van der Waals surface area (Å²) in [5.41, 5.74) is 5.38. The van der Waals surface area contributed by atoms with Crippen LogP contribution in [0.4, 0.5) is 0 Å². The summed E-state index contributed by atoms with van der Waals surface area (Å²) in [5.74, 6) is -0.308. The molecule has 0 atom stereocenters. The van der Waals surface area contributed by atoms with Crippen LogP contribution < -0.4 is 11.1 Å². The molecule has 1 aliphatic carbocycles. The van der Waals surface area contributed by atoms with E-state index < -0.39 is 9.84 Å². The fraction of sp³-hybridized carbons (Fsp3) is 0.900. The largest absolute Gasteiger partial charge is 0.349 e. The highest BCUT2D eigenvalue weighted by Crippen LogP contribution is 2.28. The van der Waals surface area contributed by atoms with Crippen LogP contribution in [-0.2, 0) is 14.6 Å². The van der Waals surface area contributed by atoms with Crippen molar-refractivity contribution in [1.82, 2.24) is 5.32 Å². The van der Waals surface area contributed by atoms with Crippen LogP contribution in [0.15, 0.2) is 0 Å². The molecule has 0 aromatic heterocycles. The van der Waals surface area contributed by atoms with Gasteiger partial charge in [-0.05, 0) is 12.8 Å². The molecular weight excluding hydrogens is 228 g/mol. The molecule has 0 aliphatic heterocycles. The van der Waals surface area contributed by atoms with Gasteiger partial charge in [0, 0.05) is 19.2 Å². The second-order valence-electron chi connectivity index (χ2n) is 4.62. The molecular formula is C10H20N2O3S. The summed E-state index contributed by atoms with van der Waals surface area (Å²) in [4.78, 5) is 11.6. The Balaban J connectivity index is 2.44. The van der Waals surface area contributed by atoms with Gasteiger partial charge in [-0.1, -0.05) is 12.8 Å². The topological polar surface area (TPSA) is 89.3 Å². The molecule has 6 heteroatoms. The van der Waals surface area contributed by atoms with E-state index in [0.717, 1.165) is 31.9 Å². The lowest BCUT2D eigenvalue weighted by atomic mass is 9.98. The van der Waals surface area contributed by atoms with Gasteiger partial charge >= 0.3 is 0 Å². The molecule has 0 aromatic carbocycles. The molecule has 0 aromatic rings. The van der Waals surface area contributed by atoms with Gasteiger partial charge in [-0.2, -0.15) is 0 Å². The monoisotopic (exact) mass is 248 g/mol. The van der Waals surface area contributed by atoms with Gasteiger partial charge in [-0.25, -0.2) is 8.42 Å². The molecule has 0 spiro atoms. The number of nitrogens with one attached hydrogen (secondary N) is 1. The van der Waals surface area contributed by atoms with Crippen molar-refractivity contribution in [3.8, 4) is 0 Å². The van der Waals surface area contributed by atoms with Crippen LogP contribution in [0.25, 0.3) is 0 Å². The first-order valence-corrected chi connectivity index (χ1v) is 7.62. The highest BCUT2D eigenvalue weighted by Gasteiger charge is 2.33. The normalized spacial score (nSPS) is 19.6. The second-order valence-corrected chi connectivity index (χ2v) is 6.88. The van der Waals surface area contributed by atoms with Gasteiger partial charge in [-0.15, -0.1) is 0 Å². The first-order chi connectivity index (χ1) is 7.37. The van der Waals surface area contributed by atoms with Crippen molar-refractivity contribution in [2.45, 2.75) is 37.6 Å². The molecule has 1 amide bonds. The predicted octanol–water partition coefficient (Wildman–Crippen LogP) is -0.191.